The van der Waals surface area contributed by atoms with Crippen LogP contribution >= 0.6 is 34.2 Å². The van der Waals surface area contributed by atoms with E-state index in [0.717, 1.165) is 47.2 Å². The van der Waals surface area contributed by atoms with Gasteiger partial charge in [-0.05, 0) is 55.6 Å². The normalized spacial score (nSPS) is 11.9. The minimum absolute atomic E-state index is 0.0361. The number of carboxylic acid groups (broad SMARTS) is 1. The molecule has 55 heavy (non-hydrogen) atoms. The summed E-state index contributed by atoms with van der Waals surface area (Å²) < 4.78 is 26.5. The predicted molar refractivity (Wildman–Crippen MR) is 214 cm³/mol. The predicted octanol–water partition coefficient (Wildman–Crippen LogP) is 7.50. The van der Waals surface area contributed by atoms with Crippen LogP contribution in [0.5, 0.6) is 0 Å². The summed E-state index contributed by atoms with van der Waals surface area (Å²) in [4.78, 5) is 31.6. The molecule has 0 saturated carbocycles. The molecule has 0 radical (unpaired) electrons. The molecule has 1 unspecified atom stereocenters. The van der Waals surface area contributed by atoms with Crippen LogP contribution in [0.2, 0.25) is 0 Å². The van der Waals surface area contributed by atoms with Gasteiger partial charge in [0.05, 0.1) is 57.0 Å². The van der Waals surface area contributed by atoms with Crippen molar-refractivity contribution in [3.8, 4) is 22.7 Å². The lowest BCUT2D eigenvalue weighted by Gasteiger charge is -2.19. The number of azo groups is 1. The first-order chi connectivity index (χ1) is 26.9. The smallest absolute Gasteiger partial charge is 0.307 e. The lowest BCUT2D eigenvalue weighted by atomic mass is 10.0. The second-order valence-corrected chi connectivity index (χ2v) is 14.6. The molecule has 2 N–H and O–H groups in total. The molecule has 1 atom stereocenters. The Kier molecular flexibility index (Phi) is 22.6. The highest BCUT2D eigenvalue weighted by molar-refractivity contribution is 7.20. The number of nitrogens with zero attached hydrogens (tertiary/aromatic N) is 7. The standard InChI is InChI=1S/C37H50N8O7S3/c1-3-5-6-7-8-9-12-28(36(47)48)25-32(46)40-14-11-16-49-18-20-51-22-23-52-21-19-50-17-15-45(4-2)37-41-33(31-13-10-24-53-31)35(54-37)43-42-34-29(26-38)30(27-39)44-55-34/h8-10,13,24,28H,3-7,11-12,14-23,25H2,1-2H3,(H,40,46)(H,47,48)/b9-8+,43-42?. The van der Waals surface area contributed by atoms with Crippen molar-refractivity contribution < 1.29 is 33.6 Å². The number of rotatable bonds is 30. The van der Waals surface area contributed by atoms with Gasteiger partial charge >= 0.3 is 5.97 Å². The number of carbonyl (C=O) groups is 2. The molecule has 0 fully saturated rings. The number of nitriles is 2. The second-order valence-electron chi connectivity index (χ2n) is 11.9. The molecule has 0 aliphatic rings. The van der Waals surface area contributed by atoms with Crippen molar-refractivity contribution in [2.24, 2.45) is 16.1 Å². The molecule has 0 bridgehead atoms. The minimum Gasteiger partial charge on any atom is -0.481 e. The first-order valence-electron chi connectivity index (χ1n) is 18.4. The van der Waals surface area contributed by atoms with Crippen molar-refractivity contribution in [2.45, 2.75) is 58.8 Å². The van der Waals surface area contributed by atoms with Crippen LogP contribution in [0.1, 0.15) is 70.1 Å². The number of allylic oxidation sites excluding steroid dienone is 2. The van der Waals surface area contributed by atoms with Gasteiger partial charge in [0.25, 0.3) is 0 Å². The molecule has 15 nitrogen and oxygen atoms in total. The summed E-state index contributed by atoms with van der Waals surface area (Å²) in [6.07, 6.45) is 9.15. The number of hydrogen-bond acceptors (Lipinski definition) is 16. The van der Waals surface area contributed by atoms with Gasteiger partial charge in [-0.1, -0.05) is 49.3 Å². The number of carbonyl (C=O) groups excluding carboxylic acids is 1. The lowest BCUT2D eigenvalue weighted by molar-refractivity contribution is -0.143. The van der Waals surface area contributed by atoms with Crippen LogP contribution in [0.25, 0.3) is 10.6 Å². The Morgan fingerprint density at radius 2 is 1.67 bits per heavy atom. The van der Waals surface area contributed by atoms with Gasteiger partial charge in [-0.3, -0.25) is 9.59 Å². The first kappa shape index (κ1) is 45.3. The number of anilines is 1. The summed E-state index contributed by atoms with van der Waals surface area (Å²) in [5, 5.41) is 43.1. The summed E-state index contributed by atoms with van der Waals surface area (Å²) in [6, 6.07) is 7.79. The molecule has 3 rings (SSSR count). The number of likely N-dealkylation sites (N-methyl/N-ethyl adjacent to an activating group) is 1. The zero-order valence-electron chi connectivity index (χ0n) is 31.4. The summed E-state index contributed by atoms with van der Waals surface area (Å²) in [7, 11) is 0. The van der Waals surface area contributed by atoms with Gasteiger partial charge in [-0.25, -0.2) is 4.98 Å². The number of ether oxygens (including phenoxy) is 4. The third kappa shape index (κ3) is 17.0. The number of carboxylic acids is 1. The SMILES string of the molecule is CCCCC/C=C/CC(CC(=O)NCCCOCCOCCOCCOCCN(CC)c1nc(-c2cccs2)c(N=Nc2snc(C#N)c2C#N)s1)C(=O)O. The van der Waals surface area contributed by atoms with E-state index in [1.807, 2.05) is 48.7 Å². The van der Waals surface area contributed by atoms with Crippen molar-refractivity contribution in [3.63, 3.8) is 0 Å². The molecule has 0 saturated heterocycles. The van der Waals surface area contributed by atoms with E-state index in [4.69, 9.17) is 23.9 Å². The van der Waals surface area contributed by atoms with E-state index < -0.39 is 11.9 Å². The number of thiazole rings is 1. The molecule has 0 aromatic carbocycles. The average Bonchev–Trinajstić information content (AvgIpc) is 3.96. The molecular formula is C37H50N8O7S3. The van der Waals surface area contributed by atoms with E-state index in [-0.39, 0.29) is 28.6 Å². The van der Waals surface area contributed by atoms with Gasteiger partial charge in [-0.2, -0.15) is 14.9 Å². The van der Waals surface area contributed by atoms with Crippen LogP contribution in [0.3, 0.4) is 0 Å². The van der Waals surface area contributed by atoms with Crippen molar-refractivity contribution in [2.75, 3.05) is 77.4 Å². The number of amides is 1. The van der Waals surface area contributed by atoms with Crippen LogP contribution in [-0.4, -0.2) is 98.8 Å². The topological polar surface area (TPSA) is 205 Å². The summed E-state index contributed by atoms with van der Waals surface area (Å²) in [6.45, 7) is 9.43. The van der Waals surface area contributed by atoms with E-state index in [9.17, 15) is 25.2 Å². The third-order valence-corrected chi connectivity index (χ3v) is 10.5. The fraction of sp³-hybridized carbons (Fsp3) is 0.568. The highest BCUT2D eigenvalue weighted by Crippen LogP contribution is 2.42. The number of nitrogens with one attached hydrogen (secondary N) is 1. The second kappa shape index (κ2) is 27.4. The highest BCUT2D eigenvalue weighted by atomic mass is 32.1. The first-order valence-corrected chi connectivity index (χ1v) is 20.8. The van der Waals surface area contributed by atoms with E-state index >= 15 is 0 Å². The van der Waals surface area contributed by atoms with Gasteiger partial charge in [-0.15, -0.1) is 21.6 Å². The van der Waals surface area contributed by atoms with Crippen molar-refractivity contribution >= 4 is 61.2 Å². The summed E-state index contributed by atoms with van der Waals surface area (Å²) in [5.41, 5.74) is 0.855. The van der Waals surface area contributed by atoms with E-state index in [0.29, 0.717) is 96.0 Å². The zero-order chi connectivity index (χ0) is 39.5. The quantitative estimate of drug-likeness (QED) is 0.0381. The Morgan fingerprint density at radius 3 is 2.31 bits per heavy atom. The number of aliphatic carboxylic acids is 1. The van der Waals surface area contributed by atoms with Gasteiger partial charge in [0.15, 0.2) is 20.8 Å². The van der Waals surface area contributed by atoms with E-state index in [2.05, 4.69) is 31.7 Å². The molecule has 3 heterocycles. The molecule has 0 spiro atoms. The largest absolute Gasteiger partial charge is 0.481 e. The molecule has 298 valence electrons. The maximum absolute atomic E-state index is 12.2. The molecule has 0 aliphatic carbocycles. The van der Waals surface area contributed by atoms with Crippen molar-refractivity contribution in [1.29, 1.82) is 10.5 Å². The number of unbranched alkanes of at least 4 members (excludes halogenated alkanes) is 3. The molecule has 3 aromatic heterocycles. The van der Waals surface area contributed by atoms with Crippen LogP contribution in [0, 0.1) is 28.6 Å². The highest BCUT2D eigenvalue weighted by Gasteiger charge is 2.21. The number of hydrogen-bond donors (Lipinski definition) is 2. The van der Waals surface area contributed by atoms with Gasteiger partial charge < -0.3 is 34.3 Å². The van der Waals surface area contributed by atoms with Gasteiger partial charge in [0.2, 0.25) is 5.91 Å². The Morgan fingerprint density at radius 1 is 0.964 bits per heavy atom. The maximum atomic E-state index is 12.2. The molecule has 0 aliphatic heterocycles. The van der Waals surface area contributed by atoms with E-state index in [1.165, 1.54) is 11.3 Å². The number of aromatic nitrogens is 2. The summed E-state index contributed by atoms with van der Waals surface area (Å²) >= 11 is 3.89. The average molecular weight is 815 g/mol. The molecule has 3 aromatic rings. The summed E-state index contributed by atoms with van der Waals surface area (Å²) in [5.74, 6) is -1.94. The third-order valence-electron chi connectivity index (χ3n) is 7.88. The Hall–Kier alpha value is -4.14. The van der Waals surface area contributed by atoms with Crippen molar-refractivity contribution in [1.82, 2.24) is 14.7 Å². The van der Waals surface area contributed by atoms with Crippen LogP contribution in [-0.2, 0) is 28.5 Å². The fourth-order valence-electron chi connectivity index (χ4n) is 4.88. The molecular weight excluding hydrogens is 765 g/mol. The monoisotopic (exact) mass is 814 g/mol. The Bertz CT molecular complexity index is 1700. The Balaban J connectivity index is 1.22. The van der Waals surface area contributed by atoms with Gasteiger partial charge in [0, 0.05) is 32.7 Å². The molecule has 18 heteroatoms. The van der Waals surface area contributed by atoms with Gasteiger partial charge in [0.1, 0.15) is 23.4 Å². The Labute approximate surface area is 334 Å². The zero-order valence-corrected chi connectivity index (χ0v) is 33.9. The van der Waals surface area contributed by atoms with Crippen LogP contribution < -0.4 is 10.2 Å². The molecule has 1 amide bonds. The maximum Gasteiger partial charge on any atom is 0.307 e. The lowest BCUT2D eigenvalue weighted by Crippen LogP contribution is -2.29. The minimum atomic E-state index is -0.955. The van der Waals surface area contributed by atoms with Crippen LogP contribution in [0.4, 0.5) is 15.1 Å². The fourth-order valence-corrected chi connectivity index (χ4v) is 7.27. The van der Waals surface area contributed by atoms with Crippen LogP contribution in [0.15, 0.2) is 39.9 Å². The number of thiophene rings is 1. The van der Waals surface area contributed by atoms with Crippen molar-refractivity contribution in [3.05, 3.63) is 40.9 Å². The van der Waals surface area contributed by atoms with E-state index in [1.54, 1.807) is 11.3 Å².